The van der Waals surface area contributed by atoms with Gasteiger partial charge in [0.15, 0.2) is 0 Å². The molecule has 0 fully saturated rings. The molecular weight excluding hydrogens is 328 g/mol. The molecule has 0 spiro atoms. The summed E-state index contributed by atoms with van der Waals surface area (Å²) in [5.41, 5.74) is 5.22. The molecule has 24 heavy (non-hydrogen) atoms. The summed E-state index contributed by atoms with van der Waals surface area (Å²) in [4.78, 5) is 24.8. The molecule has 2 amide bonds. The van der Waals surface area contributed by atoms with Gasteiger partial charge in [-0.25, -0.2) is 0 Å². The number of thioether (sulfide) groups is 1. The van der Waals surface area contributed by atoms with Crippen molar-refractivity contribution in [1.82, 2.24) is 10.9 Å². The Balaban J connectivity index is 1.71. The lowest BCUT2D eigenvalue weighted by molar-refractivity contribution is -0.121. The Hall–Kier alpha value is -2.41. The normalized spacial score (nSPS) is 10.3. The van der Waals surface area contributed by atoms with Crippen molar-refractivity contribution < 1.29 is 18.7 Å². The van der Waals surface area contributed by atoms with E-state index < -0.39 is 0 Å². The number of methoxy groups -OCH3 is 1. The minimum atomic E-state index is -0.388. The van der Waals surface area contributed by atoms with Crippen molar-refractivity contribution in [3.8, 4) is 5.75 Å². The molecule has 0 aliphatic heterocycles. The van der Waals surface area contributed by atoms with Gasteiger partial charge >= 0.3 is 0 Å². The van der Waals surface area contributed by atoms with E-state index in [9.17, 15) is 9.59 Å². The smallest absolute Gasteiger partial charge is 0.273 e. The zero-order valence-corrected chi connectivity index (χ0v) is 14.7. The lowest BCUT2D eigenvalue weighted by Crippen LogP contribution is -2.41. The van der Waals surface area contributed by atoms with Crippen LogP contribution in [0.1, 0.15) is 28.3 Å². The van der Waals surface area contributed by atoms with E-state index in [1.807, 2.05) is 24.3 Å². The number of benzene rings is 1. The van der Waals surface area contributed by atoms with Gasteiger partial charge in [-0.2, -0.15) is 0 Å². The summed E-state index contributed by atoms with van der Waals surface area (Å²) in [6, 6.07) is 9.26. The Bertz CT molecular complexity index is 710. The number of hydrogen-bond acceptors (Lipinski definition) is 5. The molecule has 7 heteroatoms. The SMILES string of the molecule is COc1ccc(SCCC(=O)NNC(=O)c2cc(C)oc2C)cc1. The van der Waals surface area contributed by atoms with E-state index in [1.54, 1.807) is 38.8 Å². The van der Waals surface area contributed by atoms with Gasteiger partial charge in [-0.05, 0) is 44.2 Å². The zero-order valence-electron chi connectivity index (χ0n) is 13.8. The Kier molecular flexibility index (Phi) is 6.31. The Morgan fingerprint density at radius 2 is 1.88 bits per heavy atom. The molecule has 0 unspecified atom stereocenters. The number of aryl methyl sites for hydroxylation is 2. The fourth-order valence-corrected chi connectivity index (χ4v) is 2.90. The predicted octanol–water partition coefficient (Wildman–Crippen LogP) is 2.85. The molecule has 1 heterocycles. The summed E-state index contributed by atoms with van der Waals surface area (Å²) in [6.45, 7) is 3.47. The van der Waals surface area contributed by atoms with Crippen molar-refractivity contribution in [3.63, 3.8) is 0 Å². The average Bonchev–Trinajstić information content (AvgIpc) is 2.92. The third-order valence-corrected chi connectivity index (χ3v) is 4.27. The Morgan fingerprint density at radius 1 is 1.17 bits per heavy atom. The maximum absolute atomic E-state index is 11.9. The third-order valence-electron chi connectivity index (χ3n) is 3.26. The van der Waals surface area contributed by atoms with Crippen molar-refractivity contribution in [2.75, 3.05) is 12.9 Å². The summed E-state index contributed by atoms with van der Waals surface area (Å²) in [5.74, 6) is 1.94. The second-order valence-corrected chi connectivity index (χ2v) is 6.27. The summed E-state index contributed by atoms with van der Waals surface area (Å²) in [5, 5.41) is 0. The van der Waals surface area contributed by atoms with Gasteiger partial charge in [0.25, 0.3) is 5.91 Å². The summed E-state index contributed by atoms with van der Waals surface area (Å²) < 4.78 is 10.4. The summed E-state index contributed by atoms with van der Waals surface area (Å²) in [6.07, 6.45) is 0.292. The second-order valence-electron chi connectivity index (χ2n) is 5.10. The third kappa shape index (κ3) is 5.06. The highest BCUT2D eigenvalue weighted by atomic mass is 32.2. The number of nitrogens with one attached hydrogen (secondary N) is 2. The van der Waals surface area contributed by atoms with Crippen LogP contribution in [0.5, 0.6) is 5.75 Å². The second kappa shape index (κ2) is 8.44. The topological polar surface area (TPSA) is 80.6 Å². The van der Waals surface area contributed by atoms with Gasteiger partial charge in [0.1, 0.15) is 17.3 Å². The zero-order chi connectivity index (χ0) is 17.5. The van der Waals surface area contributed by atoms with E-state index in [0.29, 0.717) is 29.3 Å². The highest BCUT2D eigenvalue weighted by Gasteiger charge is 2.13. The van der Waals surface area contributed by atoms with E-state index in [1.165, 1.54) is 0 Å². The summed E-state index contributed by atoms with van der Waals surface area (Å²) >= 11 is 1.56. The number of amides is 2. The first kappa shape index (κ1) is 17.9. The van der Waals surface area contributed by atoms with Crippen LogP contribution in [0.25, 0.3) is 0 Å². The van der Waals surface area contributed by atoms with Crippen LogP contribution in [0.15, 0.2) is 39.6 Å². The number of furan rings is 1. The van der Waals surface area contributed by atoms with Gasteiger partial charge in [0.2, 0.25) is 5.91 Å². The molecule has 0 bridgehead atoms. The largest absolute Gasteiger partial charge is 0.497 e. The number of carbonyl (C=O) groups excluding carboxylic acids is 2. The van der Waals surface area contributed by atoms with Crippen molar-refractivity contribution in [1.29, 1.82) is 0 Å². The fraction of sp³-hybridized carbons (Fsp3) is 0.294. The van der Waals surface area contributed by atoms with Crippen LogP contribution in [0.4, 0.5) is 0 Å². The molecule has 1 aromatic heterocycles. The van der Waals surface area contributed by atoms with Gasteiger partial charge < -0.3 is 9.15 Å². The monoisotopic (exact) mass is 348 g/mol. The Labute approximate surface area is 144 Å². The van der Waals surface area contributed by atoms with E-state index in [4.69, 9.17) is 9.15 Å². The molecule has 1 aromatic carbocycles. The molecule has 2 rings (SSSR count). The molecule has 0 radical (unpaired) electrons. The molecule has 2 aromatic rings. The quantitative estimate of drug-likeness (QED) is 0.620. The van der Waals surface area contributed by atoms with Crippen molar-refractivity contribution in [2.45, 2.75) is 25.2 Å². The van der Waals surface area contributed by atoms with Gasteiger partial charge in [-0.1, -0.05) is 0 Å². The van der Waals surface area contributed by atoms with E-state index >= 15 is 0 Å². The highest BCUT2D eigenvalue weighted by Crippen LogP contribution is 2.21. The van der Waals surface area contributed by atoms with Crippen LogP contribution < -0.4 is 15.6 Å². The number of ether oxygens (including phenoxy) is 1. The molecule has 6 nitrogen and oxygen atoms in total. The molecule has 0 aliphatic rings. The maximum atomic E-state index is 11.9. The first-order valence-electron chi connectivity index (χ1n) is 7.42. The molecule has 0 aliphatic carbocycles. The van der Waals surface area contributed by atoms with Crippen LogP contribution in [-0.2, 0) is 4.79 Å². The number of hydrogen-bond donors (Lipinski definition) is 2. The highest BCUT2D eigenvalue weighted by molar-refractivity contribution is 7.99. The van der Waals surface area contributed by atoms with Gasteiger partial charge in [0.05, 0.1) is 12.7 Å². The molecular formula is C17H20N2O4S. The predicted molar refractivity (Wildman–Crippen MR) is 92.1 cm³/mol. The van der Waals surface area contributed by atoms with Crippen LogP contribution >= 0.6 is 11.8 Å². The first-order valence-corrected chi connectivity index (χ1v) is 8.41. The molecule has 2 N–H and O–H groups in total. The number of carbonyl (C=O) groups is 2. The van der Waals surface area contributed by atoms with Crippen LogP contribution in [-0.4, -0.2) is 24.7 Å². The van der Waals surface area contributed by atoms with Gasteiger partial charge in [-0.3, -0.25) is 20.4 Å². The van der Waals surface area contributed by atoms with Crippen molar-refractivity contribution in [2.24, 2.45) is 0 Å². The van der Waals surface area contributed by atoms with Gasteiger partial charge in [-0.15, -0.1) is 11.8 Å². The fourth-order valence-electron chi connectivity index (χ4n) is 2.05. The lowest BCUT2D eigenvalue weighted by atomic mass is 10.2. The van der Waals surface area contributed by atoms with Gasteiger partial charge in [0, 0.05) is 17.1 Å². The molecule has 0 saturated heterocycles. The van der Waals surface area contributed by atoms with E-state index in [-0.39, 0.29) is 11.8 Å². The van der Waals surface area contributed by atoms with Crippen LogP contribution in [0.2, 0.25) is 0 Å². The van der Waals surface area contributed by atoms with E-state index in [0.717, 1.165) is 10.6 Å². The van der Waals surface area contributed by atoms with Crippen molar-refractivity contribution >= 4 is 23.6 Å². The number of hydrazine groups is 1. The molecule has 0 saturated carbocycles. The molecule has 128 valence electrons. The lowest BCUT2D eigenvalue weighted by Gasteiger charge is -2.07. The first-order chi connectivity index (χ1) is 11.5. The van der Waals surface area contributed by atoms with Crippen molar-refractivity contribution in [3.05, 3.63) is 47.4 Å². The standard InChI is InChI=1S/C17H20N2O4S/c1-11-10-15(12(2)23-11)17(21)19-18-16(20)8-9-24-14-6-4-13(22-3)5-7-14/h4-7,10H,8-9H2,1-3H3,(H,18,20)(H,19,21). The minimum absolute atomic E-state index is 0.248. The molecule has 0 atom stereocenters. The Morgan fingerprint density at radius 3 is 2.46 bits per heavy atom. The number of rotatable bonds is 6. The summed E-state index contributed by atoms with van der Waals surface area (Å²) in [7, 11) is 1.62. The minimum Gasteiger partial charge on any atom is -0.497 e. The average molecular weight is 348 g/mol. The van der Waals surface area contributed by atoms with Crippen LogP contribution in [0, 0.1) is 13.8 Å². The van der Waals surface area contributed by atoms with E-state index in [2.05, 4.69) is 10.9 Å². The maximum Gasteiger partial charge on any atom is 0.273 e. The van der Waals surface area contributed by atoms with Crippen LogP contribution in [0.3, 0.4) is 0 Å².